The number of para-hydroxylation sites is 1. The van der Waals surface area contributed by atoms with Crippen LogP contribution in [0.5, 0.6) is 5.75 Å². The highest BCUT2D eigenvalue weighted by atomic mass is 32.1. The van der Waals surface area contributed by atoms with Crippen molar-refractivity contribution in [2.45, 2.75) is 39.5 Å². The van der Waals surface area contributed by atoms with Crippen LogP contribution in [0.15, 0.2) is 53.3 Å². The summed E-state index contributed by atoms with van der Waals surface area (Å²) in [6.45, 7) is 9.25. The molecule has 0 aliphatic heterocycles. The van der Waals surface area contributed by atoms with E-state index >= 15 is 0 Å². The Morgan fingerprint density at radius 3 is 2.50 bits per heavy atom. The Kier molecular flexibility index (Phi) is 5.43. The lowest BCUT2D eigenvalue weighted by Gasteiger charge is -2.18. The first-order chi connectivity index (χ1) is 14.4. The summed E-state index contributed by atoms with van der Waals surface area (Å²) in [6, 6.07) is 15.9. The molecule has 0 radical (unpaired) electrons. The molecular weight excluding hydrogens is 394 g/mol. The van der Waals surface area contributed by atoms with Crippen molar-refractivity contribution < 1.29 is 4.74 Å². The monoisotopic (exact) mass is 419 g/mol. The number of nitrogens with zero attached hydrogens (tertiary/aromatic N) is 3. The van der Waals surface area contributed by atoms with Gasteiger partial charge in [0.05, 0.1) is 11.1 Å². The summed E-state index contributed by atoms with van der Waals surface area (Å²) >= 11 is 1.34. The van der Waals surface area contributed by atoms with Gasteiger partial charge in [-0.2, -0.15) is 9.50 Å². The van der Waals surface area contributed by atoms with Gasteiger partial charge in [-0.3, -0.25) is 4.79 Å². The lowest BCUT2D eigenvalue weighted by atomic mass is 9.87. The van der Waals surface area contributed by atoms with Crippen LogP contribution in [0.25, 0.3) is 22.4 Å². The zero-order valence-electron chi connectivity index (χ0n) is 17.7. The molecule has 2 heterocycles. The number of rotatable bonds is 5. The molecule has 0 unspecified atom stereocenters. The van der Waals surface area contributed by atoms with Crippen LogP contribution in [0.1, 0.15) is 45.2 Å². The fourth-order valence-electron chi connectivity index (χ4n) is 3.16. The second-order valence-electron chi connectivity index (χ2n) is 8.26. The Labute approximate surface area is 179 Å². The van der Waals surface area contributed by atoms with E-state index in [2.05, 4.69) is 49.9 Å². The average Bonchev–Trinajstić information content (AvgIpc) is 3.26. The Morgan fingerprint density at radius 2 is 1.83 bits per heavy atom. The first-order valence-corrected chi connectivity index (χ1v) is 10.9. The van der Waals surface area contributed by atoms with Crippen LogP contribution in [0, 0.1) is 0 Å². The lowest BCUT2D eigenvalue weighted by molar-refractivity contribution is 0.317. The number of hydrogen-bond donors (Lipinski definition) is 0. The smallest absolute Gasteiger partial charge is 0.291 e. The third kappa shape index (κ3) is 4.00. The highest BCUT2D eigenvalue weighted by molar-refractivity contribution is 7.15. The standard InChI is InChI=1S/C24H25N3O2S/c1-5-14-29-19-9-7-6-8-17(19)15-20-22(28)27-23(30-20)25-21(26-27)16-10-12-18(13-11-16)24(2,3)4/h6-13,15H,5,14H2,1-4H3. The summed E-state index contributed by atoms with van der Waals surface area (Å²) in [5.41, 5.74) is 2.96. The molecule has 30 heavy (non-hydrogen) atoms. The molecule has 0 saturated heterocycles. The van der Waals surface area contributed by atoms with E-state index < -0.39 is 0 Å². The van der Waals surface area contributed by atoms with Crippen LogP contribution in [-0.4, -0.2) is 21.2 Å². The molecule has 0 N–H and O–H groups in total. The average molecular weight is 420 g/mol. The molecule has 0 aliphatic carbocycles. The number of hydrogen-bond acceptors (Lipinski definition) is 5. The van der Waals surface area contributed by atoms with Gasteiger partial charge < -0.3 is 4.74 Å². The fraction of sp³-hybridized carbons (Fsp3) is 0.292. The van der Waals surface area contributed by atoms with E-state index in [0.29, 0.717) is 21.9 Å². The van der Waals surface area contributed by atoms with Gasteiger partial charge in [0.2, 0.25) is 4.96 Å². The molecule has 0 atom stereocenters. The van der Waals surface area contributed by atoms with Crippen LogP contribution in [-0.2, 0) is 5.41 Å². The Balaban J connectivity index is 1.70. The van der Waals surface area contributed by atoms with Crippen molar-refractivity contribution in [3.8, 4) is 17.1 Å². The topological polar surface area (TPSA) is 56.5 Å². The molecule has 6 heteroatoms. The Morgan fingerprint density at radius 1 is 1.10 bits per heavy atom. The minimum absolute atomic E-state index is 0.0879. The third-order valence-corrected chi connectivity index (χ3v) is 5.82. The van der Waals surface area contributed by atoms with Crippen molar-refractivity contribution in [3.63, 3.8) is 0 Å². The number of aromatic nitrogens is 3. The van der Waals surface area contributed by atoms with E-state index in [4.69, 9.17) is 4.74 Å². The highest BCUT2D eigenvalue weighted by Crippen LogP contribution is 2.25. The lowest BCUT2D eigenvalue weighted by Crippen LogP contribution is -2.23. The Hall–Kier alpha value is -2.99. The number of thiazole rings is 1. The van der Waals surface area contributed by atoms with Crippen molar-refractivity contribution in [2.75, 3.05) is 6.61 Å². The van der Waals surface area contributed by atoms with Crippen molar-refractivity contribution in [1.82, 2.24) is 14.6 Å². The minimum Gasteiger partial charge on any atom is -0.493 e. The molecular formula is C24H25N3O2S. The zero-order valence-corrected chi connectivity index (χ0v) is 18.5. The zero-order chi connectivity index (χ0) is 21.3. The molecule has 4 rings (SSSR count). The molecule has 0 saturated carbocycles. The van der Waals surface area contributed by atoms with Crippen LogP contribution in [0.2, 0.25) is 0 Å². The maximum Gasteiger partial charge on any atom is 0.291 e. The maximum absolute atomic E-state index is 12.9. The predicted octanol–water partition coefficient (Wildman–Crippen LogP) is 4.45. The molecule has 5 nitrogen and oxygen atoms in total. The van der Waals surface area contributed by atoms with Crippen LogP contribution in [0.4, 0.5) is 0 Å². The largest absolute Gasteiger partial charge is 0.493 e. The molecule has 0 aliphatic rings. The van der Waals surface area contributed by atoms with Gasteiger partial charge in [0, 0.05) is 11.1 Å². The summed E-state index contributed by atoms with van der Waals surface area (Å²) in [7, 11) is 0. The number of benzene rings is 2. The molecule has 0 amide bonds. The van der Waals surface area contributed by atoms with Gasteiger partial charge in [0.15, 0.2) is 5.82 Å². The SMILES string of the molecule is CCCOc1ccccc1C=c1sc2nc(-c3ccc(C(C)(C)C)cc3)nn2c1=O. The summed E-state index contributed by atoms with van der Waals surface area (Å²) in [4.78, 5) is 18.1. The molecule has 0 bridgehead atoms. The number of fused-ring (bicyclic) bond motifs is 1. The van der Waals surface area contributed by atoms with E-state index in [1.54, 1.807) is 0 Å². The molecule has 154 valence electrons. The molecule has 2 aromatic carbocycles. The highest BCUT2D eigenvalue weighted by Gasteiger charge is 2.15. The third-order valence-electron chi connectivity index (χ3n) is 4.86. The maximum atomic E-state index is 12.9. The summed E-state index contributed by atoms with van der Waals surface area (Å²) in [5, 5.41) is 4.46. The molecule has 0 spiro atoms. The first-order valence-electron chi connectivity index (χ1n) is 10.1. The van der Waals surface area contributed by atoms with Gasteiger partial charge in [0.1, 0.15) is 5.75 Å². The van der Waals surface area contributed by atoms with Gasteiger partial charge >= 0.3 is 0 Å². The van der Waals surface area contributed by atoms with Gasteiger partial charge in [0.25, 0.3) is 5.56 Å². The van der Waals surface area contributed by atoms with Crippen molar-refractivity contribution in [2.24, 2.45) is 0 Å². The van der Waals surface area contributed by atoms with Gasteiger partial charge in [-0.05, 0) is 29.5 Å². The number of ether oxygens (including phenoxy) is 1. The van der Waals surface area contributed by atoms with Gasteiger partial charge in [-0.15, -0.1) is 5.10 Å². The van der Waals surface area contributed by atoms with Crippen molar-refractivity contribution in [1.29, 1.82) is 0 Å². The van der Waals surface area contributed by atoms with E-state index in [1.807, 2.05) is 42.5 Å². The first kappa shape index (κ1) is 20.3. The summed E-state index contributed by atoms with van der Waals surface area (Å²) in [5.74, 6) is 1.34. The van der Waals surface area contributed by atoms with E-state index in [-0.39, 0.29) is 11.0 Å². The van der Waals surface area contributed by atoms with Crippen LogP contribution < -0.4 is 14.8 Å². The van der Waals surface area contributed by atoms with E-state index in [0.717, 1.165) is 23.3 Å². The minimum atomic E-state index is -0.162. The van der Waals surface area contributed by atoms with Gasteiger partial charge in [-0.1, -0.05) is 81.5 Å². The molecule has 4 aromatic rings. The quantitative estimate of drug-likeness (QED) is 0.479. The van der Waals surface area contributed by atoms with Crippen LogP contribution >= 0.6 is 11.3 Å². The van der Waals surface area contributed by atoms with E-state index in [1.165, 1.54) is 21.4 Å². The van der Waals surface area contributed by atoms with Gasteiger partial charge in [-0.25, -0.2) is 0 Å². The van der Waals surface area contributed by atoms with Crippen LogP contribution in [0.3, 0.4) is 0 Å². The normalized spacial score (nSPS) is 12.6. The van der Waals surface area contributed by atoms with E-state index in [9.17, 15) is 4.79 Å². The van der Waals surface area contributed by atoms with Crippen molar-refractivity contribution >= 4 is 22.4 Å². The second-order valence-corrected chi connectivity index (χ2v) is 9.27. The fourth-order valence-corrected chi connectivity index (χ4v) is 4.06. The summed E-state index contributed by atoms with van der Waals surface area (Å²) in [6.07, 6.45) is 2.78. The summed E-state index contributed by atoms with van der Waals surface area (Å²) < 4.78 is 7.78. The molecule has 0 fully saturated rings. The van der Waals surface area contributed by atoms with Crippen molar-refractivity contribution in [3.05, 3.63) is 74.5 Å². The second kappa shape index (κ2) is 8.03. The molecule has 2 aromatic heterocycles. The predicted molar refractivity (Wildman–Crippen MR) is 122 cm³/mol. The Bertz CT molecular complexity index is 1280.